The van der Waals surface area contributed by atoms with Crippen LogP contribution in [0.25, 0.3) is 20.8 Å². The molecule has 2 heterocycles. The van der Waals surface area contributed by atoms with Gasteiger partial charge in [0.05, 0.1) is 43.5 Å². The average Bonchev–Trinajstić information content (AvgIpc) is 3.28. The lowest BCUT2D eigenvalue weighted by molar-refractivity contribution is -0.892. The molecule has 4 aromatic rings. The summed E-state index contributed by atoms with van der Waals surface area (Å²) in [4.78, 5) is 21.1. The van der Waals surface area contributed by atoms with Crippen molar-refractivity contribution in [3.63, 3.8) is 0 Å². The van der Waals surface area contributed by atoms with Crippen LogP contribution >= 0.6 is 11.3 Å². The molecule has 0 radical (unpaired) electrons. The minimum Gasteiger partial charge on any atom is -0.497 e. The van der Waals surface area contributed by atoms with Gasteiger partial charge in [0.1, 0.15) is 10.8 Å². The molecule has 1 aliphatic heterocycles. The van der Waals surface area contributed by atoms with Crippen LogP contribution in [0.2, 0.25) is 0 Å². The summed E-state index contributed by atoms with van der Waals surface area (Å²) in [6.07, 6.45) is 0. The molecule has 7 heteroatoms. The number of quaternary nitrogens is 1. The third-order valence-corrected chi connectivity index (χ3v) is 7.35. The molecule has 1 saturated heterocycles. The molecule has 6 nitrogen and oxygen atoms in total. The summed E-state index contributed by atoms with van der Waals surface area (Å²) < 4.78 is 6.44. The number of aromatic nitrogens is 1. The number of nitrogens with one attached hydrogen (secondary N) is 2. The van der Waals surface area contributed by atoms with Gasteiger partial charge in [0.25, 0.3) is 5.91 Å². The van der Waals surface area contributed by atoms with Gasteiger partial charge in [-0.3, -0.25) is 4.79 Å². The Morgan fingerprint density at radius 2 is 1.79 bits per heavy atom. The number of ether oxygens (including phenoxy) is 1. The monoisotopic (exact) mass is 473 g/mol. The molecule has 0 spiro atoms. The van der Waals surface area contributed by atoms with Gasteiger partial charge in [0, 0.05) is 16.9 Å². The second kappa shape index (κ2) is 9.83. The molecule has 0 aliphatic carbocycles. The molecule has 1 amide bonds. The van der Waals surface area contributed by atoms with E-state index in [-0.39, 0.29) is 5.91 Å². The van der Waals surface area contributed by atoms with E-state index in [0.717, 1.165) is 53.7 Å². The summed E-state index contributed by atoms with van der Waals surface area (Å²) in [5.74, 6) is 0.920. The van der Waals surface area contributed by atoms with Crippen molar-refractivity contribution in [2.24, 2.45) is 0 Å². The Balaban J connectivity index is 1.13. The van der Waals surface area contributed by atoms with Crippen molar-refractivity contribution in [2.45, 2.75) is 6.92 Å². The van der Waals surface area contributed by atoms with Crippen molar-refractivity contribution in [2.75, 3.05) is 50.1 Å². The van der Waals surface area contributed by atoms with Crippen molar-refractivity contribution in [1.82, 2.24) is 4.98 Å². The molecular formula is C27H29N4O2S+. The number of hydrogen-bond donors (Lipinski definition) is 2. The van der Waals surface area contributed by atoms with E-state index in [1.807, 2.05) is 36.4 Å². The molecule has 1 aromatic heterocycles. The SMILES string of the molecule is COc1ccc(N2CC[NH+](CC(=O)Nc3ccc(-c4nc5ccc(C)cc5s4)cc3)CC2)cc1. The summed E-state index contributed by atoms with van der Waals surface area (Å²) in [7, 11) is 1.68. The fourth-order valence-electron chi connectivity index (χ4n) is 4.33. The number of rotatable bonds is 6. The number of carbonyl (C=O) groups excluding carboxylic acids is 1. The highest BCUT2D eigenvalue weighted by Crippen LogP contribution is 2.31. The predicted octanol–water partition coefficient (Wildman–Crippen LogP) is 3.62. The maximum absolute atomic E-state index is 12.6. The van der Waals surface area contributed by atoms with Gasteiger partial charge in [-0.1, -0.05) is 6.07 Å². The molecular weight excluding hydrogens is 444 g/mol. The van der Waals surface area contributed by atoms with Gasteiger partial charge in [0.2, 0.25) is 0 Å². The second-order valence-electron chi connectivity index (χ2n) is 8.73. The van der Waals surface area contributed by atoms with Crippen molar-refractivity contribution >= 4 is 38.8 Å². The normalized spacial score (nSPS) is 14.4. The summed E-state index contributed by atoms with van der Waals surface area (Å²) in [5, 5.41) is 4.05. The molecule has 34 heavy (non-hydrogen) atoms. The van der Waals surface area contributed by atoms with Gasteiger partial charge in [0.15, 0.2) is 6.54 Å². The highest BCUT2D eigenvalue weighted by atomic mass is 32.1. The Bertz CT molecular complexity index is 1280. The number of carbonyl (C=O) groups is 1. The molecule has 0 atom stereocenters. The number of anilines is 2. The number of aryl methyl sites for hydroxylation is 1. The van der Waals surface area contributed by atoms with Crippen LogP contribution < -0.4 is 19.9 Å². The largest absolute Gasteiger partial charge is 0.497 e. The van der Waals surface area contributed by atoms with Gasteiger partial charge < -0.3 is 19.9 Å². The number of amides is 1. The van der Waals surface area contributed by atoms with Crippen LogP contribution in [-0.4, -0.2) is 50.7 Å². The Morgan fingerprint density at radius 1 is 1.06 bits per heavy atom. The maximum atomic E-state index is 12.6. The fraction of sp³-hybridized carbons (Fsp3) is 0.259. The number of hydrogen-bond acceptors (Lipinski definition) is 5. The van der Waals surface area contributed by atoms with Crippen LogP contribution in [0.5, 0.6) is 5.75 Å². The lowest BCUT2D eigenvalue weighted by Crippen LogP contribution is -3.15. The van der Waals surface area contributed by atoms with Gasteiger partial charge in [-0.05, 0) is 73.2 Å². The molecule has 0 saturated carbocycles. The molecule has 0 unspecified atom stereocenters. The average molecular weight is 474 g/mol. The summed E-state index contributed by atoms with van der Waals surface area (Å²) in [6, 6.07) is 22.5. The predicted molar refractivity (Wildman–Crippen MR) is 139 cm³/mol. The van der Waals surface area contributed by atoms with Gasteiger partial charge in [-0.15, -0.1) is 11.3 Å². The van der Waals surface area contributed by atoms with Gasteiger partial charge in [-0.25, -0.2) is 4.98 Å². The van der Waals surface area contributed by atoms with Crippen LogP contribution in [-0.2, 0) is 4.79 Å². The Morgan fingerprint density at radius 3 is 2.50 bits per heavy atom. The fourth-order valence-corrected chi connectivity index (χ4v) is 5.40. The lowest BCUT2D eigenvalue weighted by atomic mass is 10.2. The molecule has 5 rings (SSSR count). The molecule has 0 bridgehead atoms. The summed E-state index contributed by atoms with van der Waals surface area (Å²) in [5.41, 5.74) is 5.36. The zero-order valence-corrected chi connectivity index (χ0v) is 20.3. The zero-order chi connectivity index (χ0) is 23.5. The van der Waals surface area contributed by atoms with Crippen molar-refractivity contribution in [1.29, 1.82) is 0 Å². The van der Waals surface area contributed by atoms with E-state index in [1.54, 1.807) is 18.4 Å². The number of benzene rings is 3. The zero-order valence-electron chi connectivity index (χ0n) is 19.5. The minimum atomic E-state index is 0.0520. The number of thiazole rings is 1. The van der Waals surface area contributed by atoms with Crippen LogP contribution in [0.3, 0.4) is 0 Å². The minimum absolute atomic E-state index is 0.0520. The number of nitrogens with zero attached hydrogens (tertiary/aromatic N) is 2. The van der Waals surface area contributed by atoms with E-state index in [2.05, 4.69) is 47.5 Å². The highest BCUT2D eigenvalue weighted by Gasteiger charge is 2.22. The summed E-state index contributed by atoms with van der Waals surface area (Å²) >= 11 is 1.70. The molecule has 174 valence electrons. The van der Waals surface area contributed by atoms with E-state index in [9.17, 15) is 4.79 Å². The third-order valence-electron chi connectivity index (χ3n) is 6.28. The molecule has 1 aliphatic rings. The number of piperazine rings is 1. The number of fused-ring (bicyclic) bond motifs is 1. The third kappa shape index (κ3) is 5.05. The smallest absolute Gasteiger partial charge is 0.279 e. The molecule has 2 N–H and O–H groups in total. The standard InChI is InChI=1S/C27H28N4O2S/c1-19-3-12-24-25(17-19)34-27(29-24)20-4-6-21(7-5-20)28-26(32)18-30-13-15-31(16-14-30)22-8-10-23(33-2)11-9-22/h3-12,17H,13-16,18H2,1-2H3,(H,28,32)/p+1. The van der Waals surface area contributed by atoms with Crippen molar-refractivity contribution in [3.05, 3.63) is 72.3 Å². The first-order valence-electron chi connectivity index (χ1n) is 11.6. The van der Waals surface area contributed by atoms with Gasteiger partial charge >= 0.3 is 0 Å². The first-order valence-corrected chi connectivity index (χ1v) is 12.4. The van der Waals surface area contributed by atoms with Crippen LogP contribution in [0, 0.1) is 6.92 Å². The second-order valence-corrected chi connectivity index (χ2v) is 9.76. The van der Waals surface area contributed by atoms with E-state index in [4.69, 9.17) is 9.72 Å². The van der Waals surface area contributed by atoms with Crippen LogP contribution in [0.1, 0.15) is 5.56 Å². The Labute approximate surface area is 203 Å². The number of methoxy groups -OCH3 is 1. The summed E-state index contributed by atoms with van der Waals surface area (Å²) in [6.45, 7) is 6.33. The van der Waals surface area contributed by atoms with E-state index in [1.165, 1.54) is 20.9 Å². The van der Waals surface area contributed by atoms with Crippen LogP contribution in [0.15, 0.2) is 66.7 Å². The van der Waals surface area contributed by atoms with E-state index in [0.29, 0.717) is 6.54 Å². The quantitative estimate of drug-likeness (QED) is 0.449. The van der Waals surface area contributed by atoms with Crippen molar-refractivity contribution in [3.8, 4) is 16.3 Å². The Kier molecular flexibility index (Phi) is 6.47. The lowest BCUT2D eigenvalue weighted by Gasteiger charge is -2.33. The van der Waals surface area contributed by atoms with Gasteiger partial charge in [-0.2, -0.15) is 0 Å². The highest BCUT2D eigenvalue weighted by molar-refractivity contribution is 7.21. The van der Waals surface area contributed by atoms with E-state index < -0.39 is 0 Å². The molecule has 1 fully saturated rings. The molecule has 3 aromatic carbocycles. The van der Waals surface area contributed by atoms with E-state index >= 15 is 0 Å². The maximum Gasteiger partial charge on any atom is 0.279 e. The van der Waals surface area contributed by atoms with Crippen molar-refractivity contribution < 1.29 is 14.4 Å². The first-order chi connectivity index (χ1) is 16.6. The topological polar surface area (TPSA) is 58.9 Å². The Hall–Kier alpha value is -3.42. The first kappa shape index (κ1) is 22.4. The van der Waals surface area contributed by atoms with Crippen LogP contribution in [0.4, 0.5) is 11.4 Å².